The molecule has 0 unspecified atom stereocenters. The number of benzene rings is 2. The number of ether oxygens (including phenoxy) is 3. The zero-order chi connectivity index (χ0) is 26.8. The highest BCUT2D eigenvalue weighted by molar-refractivity contribution is 8.06. The van der Waals surface area contributed by atoms with E-state index in [-0.39, 0.29) is 18.1 Å². The van der Waals surface area contributed by atoms with Crippen LogP contribution in [0.4, 0.5) is 13.2 Å². The van der Waals surface area contributed by atoms with Crippen molar-refractivity contribution in [1.29, 1.82) is 0 Å². The van der Waals surface area contributed by atoms with Crippen LogP contribution in [0.5, 0.6) is 23.0 Å². The van der Waals surface area contributed by atoms with E-state index in [9.17, 15) is 23.0 Å². The molecule has 196 valence electrons. The lowest BCUT2D eigenvalue weighted by Gasteiger charge is -2.23. The molecule has 2 N–H and O–H groups in total. The molecular weight excluding hydrogens is 538 g/mol. The van der Waals surface area contributed by atoms with E-state index in [1.807, 2.05) is 13.8 Å². The third kappa shape index (κ3) is 6.54. The number of alkyl halides is 3. The fourth-order valence-corrected chi connectivity index (χ4v) is 5.19. The van der Waals surface area contributed by atoms with E-state index in [0.29, 0.717) is 55.6 Å². The molecule has 0 fully saturated rings. The fraction of sp³-hybridized carbons (Fsp3) is 0.348. The third-order valence-corrected chi connectivity index (χ3v) is 6.87. The van der Waals surface area contributed by atoms with Crippen LogP contribution >= 0.6 is 18.5 Å². The van der Waals surface area contributed by atoms with Gasteiger partial charge >= 0.3 is 13.1 Å². The highest BCUT2D eigenvalue weighted by atomic mass is 32.5. The Morgan fingerprint density at radius 2 is 1.53 bits per heavy atom. The Labute approximate surface area is 215 Å². The van der Waals surface area contributed by atoms with Crippen molar-refractivity contribution in [3.8, 4) is 23.0 Å². The number of aryl methyl sites for hydroxylation is 1. The van der Waals surface area contributed by atoms with Gasteiger partial charge in [-0.05, 0) is 58.9 Å². The number of pyridine rings is 1. The Balaban J connectivity index is 2.29. The molecule has 0 aliphatic rings. The highest BCUT2D eigenvalue weighted by Crippen LogP contribution is 2.53. The minimum atomic E-state index is -4.79. The van der Waals surface area contributed by atoms with Gasteiger partial charge in [0.2, 0.25) is 0 Å². The number of hydrogen-bond donors (Lipinski definition) is 2. The van der Waals surface area contributed by atoms with Gasteiger partial charge in [-0.25, -0.2) is 4.98 Å². The van der Waals surface area contributed by atoms with E-state index in [1.54, 1.807) is 20.8 Å². The predicted molar refractivity (Wildman–Crippen MR) is 135 cm³/mol. The largest absolute Gasteiger partial charge is 0.573 e. The molecule has 0 amide bonds. The van der Waals surface area contributed by atoms with Crippen molar-refractivity contribution < 1.29 is 41.7 Å². The van der Waals surface area contributed by atoms with Gasteiger partial charge in [-0.1, -0.05) is 11.8 Å². The lowest BCUT2D eigenvalue weighted by molar-refractivity contribution is -0.274. The lowest BCUT2D eigenvalue weighted by atomic mass is 10.0. The van der Waals surface area contributed by atoms with Crippen molar-refractivity contribution in [2.45, 2.75) is 50.8 Å². The Morgan fingerprint density at radius 1 is 0.944 bits per heavy atom. The first-order valence-corrected chi connectivity index (χ1v) is 14.2. The van der Waals surface area contributed by atoms with Crippen molar-refractivity contribution >= 4 is 41.2 Å². The number of hydrogen-bond acceptors (Lipinski definition) is 7. The second kappa shape index (κ2) is 11.0. The van der Waals surface area contributed by atoms with Gasteiger partial charge in [0.1, 0.15) is 28.5 Å². The second-order valence-corrected chi connectivity index (χ2v) is 11.2. The molecule has 2 aromatic carbocycles. The maximum Gasteiger partial charge on any atom is 0.573 e. The van der Waals surface area contributed by atoms with E-state index in [0.717, 1.165) is 0 Å². The lowest BCUT2D eigenvalue weighted by Crippen LogP contribution is -2.16. The summed E-state index contributed by atoms with van der Waals surface area (Å²) in [7, 11) is 0. The summed E-state index contributed by atoms with van der Waals surface area (Å²) in [6, 6.07) is 5.41. The molecular formula is C23H25F3NO6PS2. The maximum atomic E-state index is 12.5. The topological polar surface area (TPSA) is 90.3 Å². The molecule has 7 nitrogen and oxygen atoms in total. The normalized spacial score (nSPS) is 12.1. The van der Waals surface area contributed by atoms with Crippen LogP contribution in [0.25, 0.3) is 10.9 Å². The van der Waals surface area contributed by atoms with E-state index >= 15 is 0 Å². The smallest absolute Gasteiger partial charge is 0.492 e. The van der Waals surface area contributed by atoms with Gasteiger partial charge in [-0.15, -0.1) is 13.2 Å². The molecule has 1 heterocycles. The zero-order valence-corrected chi connectivity index (χ0v) is 22.6. The number of fused-ring (bicyclic) bond motifs is 1. The van der Waals surface area contributed by atoms with Gasteiger partial charge in [0, 0.05) is 33.5 Å². The van der Waals surface area contributed by atoms with E-state index < -0.39 is 13.1 Å². The molecule has 0 atom stereocenters. The zero-order valence-electron chi connectivity index (χ0n) is 20.1. The monoisotopic (exact) mass is 563 g/mol. The molecule has 0 spiro atoms. The Kier molecular flexibility index (Phi) is 8.67. The molecule has 0 aliphatic heterocycles. The summed E-state index contributed by atoms with van der Waals surface area (Å²) in [4.78, 5) is 25.8. The highest BCUT2D eigenvalue weighted by Gasteiger charge is 2.31. The summed E-state index contributed by atoms with van der Waals surface area (Å²) >= 11 is 5.98. The molecule has 13 heteroatoms. The quantitative estimate of drug-likeness (QED) is 0.280. The fourth-order valence-electron chi connectivity index (χ4n) is 3.49. The van der Waals surface area contributed by atoms with E-state index in [4.69, 9.17) is 25.8 Å². The van der Waals surface area contributed by atoms with Crippen LogP contribution in [0, 0.1) is 20.8 Å². The van der Waals surface area contributed by atoms with Crippen molar-refractivity contribution in [1.82, 2.24) is 4.98 Å². The SMILES string of the molecule is CCOc1c(C)c(Sc2ccc(OC(F)(F)F)cc2)c(OCC)c2c(OP(O)(O)=S)c(C)c(C)nc12. The maximum absolute atomic E-state index is 12.5. The van der Waals surface area contributed by atoms with Crippen LogP contribution in [-0.2, 0) is 11.8 Å². The standard InChI is InChI=1S/C23H25F3NO6PS2/c1-6-30-20-13(4)22(36-16-10-8-15(9-11-16)32-23(24,25)26)21(31-7-2)17-18(20)27-14(5)12(3)19(17)33-34(28,29)35/h8-11H,6-7H2,1-5H3,(H2,28,29,35). The van der Waals surface area contributed by atoms with Crippen LogP contribution < -0.4 is 18.7 Å². The summed E-state index contributed by atoms with van der Waals surface area (Å²) in [5, 5.41) is 0.353. The van der Waals surface area contributed by atoms with Gasteiger partial charge in [0.15, 0.2) is 0 Å². The van der Waals surface area contributed by atoms with E-state index in [2.05, 4.69) is 9.72 Å². The van der Waals surface area contributed by atoms with E-state index in [1.165, 1.54) is 36.0 Å². The molecule has 3 aromatic rings. The minimum absolute atomic E-state index is 0.117. The van der Waals surface area contributed by atoms with Gasteiger partial charge in [-0.2, -0.15) is 0 Å². The number of halogens is 3. The van der Waals surface area contributed by atoms with Gasteiger partial charge in [0.25, 0.3) is 0 Å². The third-order valence-electron chi connectivity index (χ3n) is 5.02. The minimum Gasteiger partial charge on any atom is -0.492 e. The average Bonchev–Trinajstić information content (AvgIpc) is 2.76. The summed E-state index contributed by atoms with van der Waals surface area (Å²) in [5.74, 6) is 0.562. The molecule has 0 bridgehead atoms. The first-order valence-electron chi connectivity index (χ1n) is 10.8. The van der Waals surface area contributed by atoms with Crippen LogP contribution in [0.15, 0.2) is 34.1 Å². The summed E-state index contributed by atoms with van der Waals surface area (Å²) in [6.07, 6.45) is -4.79. The van der Waals surface area contributed by atoms with Crippen LogP contribution in [0.2, 0.25) is 0 Å². The van der Waals surface area contributed by atoms with Crippen LogP contribution in [-0.4, -0.2) is 34.3 Å². The average molecular weight is 564 g/mol. The predicted octanol–water partition coefficient (Wildman–Crippen LogP) is 6.60. The first kappa shape index (κ1) is 28.3. The molecule has 0 saturated carbocycles. The van der Waals surface area contributed by atoms with Crippen molar-refractivity contribution in [2.75, 3.05) is 13.2 Å². The Hall–Kier alpha value is -2.24. The second-order valence-electron chi connectivity index (χ2n) is 7.56. The van der Waals surface area contributed by atoms with Crippen LogP contribution in [0.3, 0.4) is 0 Å². The van der Waals surface area contributed by atoms with Crippen molar-refractivity contribution in [2.24, 2.45) is 0 Å². The number of nitrogens with zero attached hydrogens (tertiary/aromatic N) is 1. The molecule has 36 heavy (non-hydrogen) atoms. The molecule has 0 radical (unpaired) electrons. The van der Waals surface area contributed by atoms with Crippen molar-refractivity contribution in [3.63, 3.8) is 0 Å². The molecule has 3 rings (SSSR count). The summed E-state index contributed by atoms with van der Waals surface area (Å²) in [6.45, 7) is 5.32. The number of rotatable bonds is 9. The Bertz CT molecular complexity index is 1310. The summed E-state index contributed by atoms with van der Waals surface area (Å²) < 4.78 is 59.0. The van der Waals surface area contributed by atoms with Crippen molar-refractivity contribution in [3.05, 3.63) is 41.1 Å². The molecule has 0 aliphatic carbocycles. The van der Waals surface area contributed by atoms with Crippen LogP contribution in [0.1, 0.15) is 30.7 Å². The number of aromatic nitrogens is 1. The first-order chi connectivity index (χ1) is 16.8. The molecule has 1 aromatic heterocycles. The van der Waals surface area contributed by atoms with Gasteiger partial charge in [0.05, 0.1) is 23.5 Å². The Morgan fingerprint density at radius 3 is 2.06 bits per heavy atom. The van der Waals surface area contributed by atoms with Gasteiger partial charge < -0.3 is 28.5 Å². The molecule has 0 saturated heterocycles. The summed E-state index contributed by atoms with van der Waals surface area (Å²) in [5.41, 5.74) is 2.20. The van der Waals surface area contributed by atoms with Gasteiger partial charge in [-0.3, -0.25) is 0 Å².